The predicted molar refractivity (Wildman–Crippen MR) is 164 cm³/mol. The van der Waals surface area contributed by atoms with Gasteiger partial charge in [0.15, 0.2) is 0 Å². The Bertz CT molecular complexity index is 1500. The van der Waals surface area contributed by atoms with Gasteiger partial charge in [0.1, 0.15) is 5.75 Å². The van der Waals surface area contributed by atoms with Gasteiger partial charge in [-0.1, -0.05) is 32.6 Å². The number of nitrogens with one attached hydrogen (secondary N) is 4. The molecule has 0 fully saturated rings. The summed E-state index contributed by atoms with van der Waals surface area (Å²) in [4.78, 5) is 33.6. The number of hydrogen-bond donors (Lipinski definition) is 4. The lowest BCUT2D eigenvalue weighted by Crippen LogP contribution is -2.15. The van der Waals surface area contributed by atoms with Crippen LogP contribution in [0.3, 0.4) is 0 Å². The van der Waals surface area contributed by atoms with Gasteiger partial charge in [0.2, 0.25) is 11.9 Å². The largest absolute Gasteiger partial charge is 0.494 e. The number of benzene rings is 3. The van der Waals surface area contributed by atoms with Gasteiger partial charge in [-0.05, 0) is 85.3 Å². The first-order valence-corrected chi connectivity index (χ1v) is 13.5. The van der Waals surface area contributed by atoms with Crippen LogP contribution in [0.25, 0.3) is 11.3 Å². The van der Waals surface area contributed by atoms with Crippen molar-refractivity contribution in [2.24, 2.45) is 0 Å². The zero-order chi connectivity index (χ0) is 29.0. The van der Waals surface area contributed by atoms with Crippen molar-refractivity contribution in [3.8, 4) is 17.0 Å². The summed E-state index contributed by atoms with van der Waals surface area (Å²) in [5.74, 6) is 0.632. The second-order valence-corrected chi connectivity index (χ2v) is 9.19. The van der Waals surface area contributed by atoms with E-state index in [9.17, 15) is 9.59 Å². The van der Waals surface area contributed by atoms with E-state index in [1.807, 2.05) is 55.5 Å². The summed E-state index contributed by atoms with van der Waals surface area (Å²) in [7, 11) is 0. The molecule has 0 unspecified atom stereocenters. The third kappa shape index (κ3) is 8.48. The third-order valence-electron chi connectivity index (χ3n) is 5.94. The summed E-state index contributed by atoms with van der Waals surface area (Å²) < 4.78 is 5.77. The van der Waals surface area contributed by atoms with Gasteiger partial charge in [-0.25, -0.2) is 9.97 Å². The normalized spacial score (nSPS) is 10.5. The number of rotatable bonds is 13. The molecule has 9 nitrogen and oxygen atoms in total. The van der Waals surface area contributed by atoms with Crippen molar-refractivity contribution in [1.29, 1.82) is 0 Å². The number of carbonyl (C=O) groups excluding carboxylic acids is 2. The summed E-state index contributed by atoms with van der Waals surface area (Å²) in [5, 5.41) is 12.2. The summed E-state index contributed by atoms with van der Waals surface area (Å²) in [5.41, 5.74) is 5.04. The first-order chi connectivity index (χ1) is 20.0. The van der Waals surface area contributed by atoms with Crippen molar-refractivity contribution in [2.75, 3.05) is 29.1 Å². The molecular formula is C32H34N6O3. The number of hydrogen-bond acceptors (Lipinski definition) is 7. The number of amides is 2. The van der Waals surface area contributed by atoms with Crippen LogP contribution in [0, 0.1) is 0 Å². The molecule has 0 atom stereocenters. The molecule has 1 heterocycles. The molecule has 4 aromatic rings. The minimum absolute atomic E-state index is 0.276. The Labute approximate surface area is 240 Å². The Hall–Kier alpha value is -5.02. The molecule has 0 radical (unpaired) electrons. The maximum Gasteiger partial charge on any atom is 0.255 e. The van der Waals surface area contributed by atoms with Crippen molar-refractivity contribution in [1.82, 2.24) is 15.3 Å². The molecule has 9 heteroatoms. The standard InChI is InChI=1S/C32H34N6O3/c1-4-16-41-28-9-7-8-24(19-28)29-14-15-34-32(38-29)37-27-18-22(21-33-6-3)17-26(20-27)36-31(40)23-10-12-25(13-11-23)35-30(39)5-2/h5,7-15,17-20,33H,2,4,6,16,21H2,1,3H3,(H,35,39)(H,36,40)(H,34,37,38). The van der Waals surface area contributed by atoms with Gasteiger partial charge >= 0.3 is 0 Å². The Balaban J connectivity index is 1.53. The van der Waals surface area contributed by atoms with Gasteiger partial charge in [0.25, 0.3) is 5.91 Å². The molecule has 4 N–H and O–H groups in total. The molecule has 41 heavy (non-hydrogen) atoms. The van der Waals surface area contributed by atoms with Gasteiger partial charge in [0.05, 0.1) is 12.3 Å². The van der Waals surface area contributed by atoms with Crippen LogP contribution in [0.15, 0.2) is 91.6 Å². The second-order valence-electron chi connectivity index (χ2n) is 9.19. The SMILES string of the molecule is C=CC(=O)Nc1ccc(C(=O)Nc2cc(CNCC)cc(Nc3nccc(-c4cccc(OCCC)c4)n3)c2)cc1. The van der Waals surface area contributed by atoms with E-state index in [4.69, 9.17) is 9.72 Å². The van der Waals surface area contributed by atoms with Gasteiger partial charge in [0, 0.05) is 40.9 Å². The molecule has 2 amide bonds. The van der Waals surface area contributed by atoms with Crippen molar-refractivity contribution in [3.63, 3.8) is 0 Å². The van der Waals surface area contributed by atoms with Crippen molar-refractivity contribution in [2.45, 2.75) is 26.8 Å². The summed E-state index contributed by atoms with van der Waals surface area (Å²) in [6, 6.07) is 22.1. The molecular weight excluding hydrogens is 516 g/mol. The Morgan fingerprint density at radius 1 is 0.927 bits per heavy atom. The topological polar surface area (TPSA) is 117 Å². The quantitative estimate of drug-likeness (QED) is 0.147. The maximum atomic E-state index is 13.0. The highest BCUT2D eigenvalue weighted by molar-refractivity contribution is 6.05. The summed E-state index contributed by atoms with van der Waals surface area (Å²) >= 11 is 0. The Morgan fingerprint density at radius 2 is 1.73 bits per heavy atom. The number of anilines is 4. The Kier molecular flexibility index (Phi) is 10.2. The van der Waals surface area contributed by atoms with Crippen LogP contribution in [0.2, 0.25) is 0 Å². The fourth-order valence-electron chi connectivity index (χ4n) is 3.98. The average Bonchev–Trinajstić information content (AvgIpc) is 2.99. The second kappa shape index (κ2) is 14.4. The van der Waals surface area contributed by atoms with Gasteiger partial charge in [-0.3, -0.25) is 9.59 Å². The number of carbonyl (C=O) groups is 2. The van der Waals surface area contributed by atoms with Crippen LogP contribution in [0.1, 0.15) is 36.2 Å². The fourth-order valence-corrected chi connectivity index (χ4v) is 3.98. The molecule has 4 rings (SSSR count). The van der Waals surface area contributed by atoms with Crippen LogP contribution < -0.4 is 26.0 Å². The van der Waals surface area contributed by atoms with E-state index in [-0.39, 0.29) is 11.8 Å². The van der Waals surface area contributed by atoms with Crippen LogP contribution in [0.5, 0.6) is 5.75 Å². The molecule has 0 saturated heterocycles. The smallest absolute Gasteiger partial charge is 0.255 e. The number of aromatic nitrogens is 2. The predicted octanol–water partition coefficient (Wildman–Crippen LogP) is 6.16. The van der Waals surface area contributed by atoms with Gasteiger partial charge in [-0.15, -0.1) is 0 Å². The zero-order valence-electron chi connectivity index (χ0n) is 23.2. The minimum atomic E-state index is -0.316. The van der Waals surface area contributed by atoms with E-state index < -0.39 is 0 Å². The summed E-state index contributed by atoms with van der Waals surface area (Å²) in [6.45, 7) is 9.63. The first-order valence-electron chi connectivity index (χ1n) is 13.5. The van der Waals surface area contributed by atoms with Gasteiger partial charge < -0.3 is 26.0 Å². The minimum Gasteiger partial charge on any atom is -0.494 e. The molecule has 0 saturated carbocycles. The number of nitrogens with zero attached hydrogens (tertiary/aromatic N) is 2. The molecule has 0 aliphatic carbocycles. The molecule has 210 valence electrons. The molecule has 0 aliphatic rings. The first kappa shape index (κ1) is 29.0. The van der Waals surface area contributed by atoms with Crippen LogP contribution in [0.4, 0.5) is 23.0 Å². The highest BCUT2D eigenvalue weighted by atomic mass is 16.5. The van der Waals surface area contributed by atoms with Crippen molar-refractivity contribution < 1.29 is 14.3 Å². The van der Waals surface area contributed by atoms with E-state index in [1.54, 1.807) is 30.5 Å². The lowest BCUT2D eigenvalue weighted by Gasteiger charge is -2.13. The van der Waals surface area contributed by atoms with Crippen molar-refractivity contribution >= 4 is 34.8 Å². The lowest BCUT2D eigenvalue weighted by molar-refractivity contribution is -0.111. The fraction of sp³-hybridized carbons (Fsp3) is 0.188. The van der Waals surface area contributed by atoms with E-state index in [2.05, 4.69) is 39.8 Å². The van der Waals surface area contributed by atoms with Crippen molar-refractivity contribution in [3.05, 3.63) is 103 Å². The lowest BCUT2D eigenvalue weighted by atomic mass is 10.1. The third-order valence-corrected chi connectivity index (χ3v) is 5.94. The maximum absolute atomic E-state index is 13.0. The van der Waals surface area contributed by atoms with Crippen LogP contribution in [-0.4, -0.2) is 34.9 Å². The molecule has 0 spiro atoms. The highest BCUT2D eigenvalue weighted by Crippen LogP contribution is 2.26. The van der Waals surface area contributed by atoms with E-state index in [0.717, 1.165) is 41.2 Å². The van der Waals surface area contributed by atoms with Crippen LogP contribution >= 0.6 is 0 Å². The molecule has 3 aromatic carbocycles. The van der Waals surface area contributed by atoms with Gasteiger partial charge in [-0.2, -0.15) is 0 Å². The highest BCUT2D eigenvalue weighted by Gasteiger charge is 2.11. The molecule has 0 bridgehead atoms. The summed E-state index contributed by atoms with van der Waals surface area (Å²) in [6.07, 6.45) is 3.83. The zero-order valence-corrected chi connectivity index (χ0v) is 23.2. The number of ether oxygens (including phenoxy) is 1. The average molecular weight is 551 g/mol. The molecule has 1 aromatic heterocycles. The van der Waals surface area contributed by atoms with Crippen LogP contribution in [-0.2, 0) is 11.3 Å². The molecule has 0 aliphatic heterocycles. The Morgan fingerprint density at radius 3 is 2.49 bits per heavy atom. The van der Waals surface area contributed by atoms with E-state index in [1.165, 1.54) is 6.08 Å². The monoisotopic (exact) mass is 550 g/mol. The van der Waals surface area contributed by atoms with E-state index in [0.29, 0.717) is 36.0 Å². The van der Waals surface area contributed by atoms with E-state index >= 15 is 0 Å².